The maximum Gasteiger partial charge on any atom is 0.271 e. The van der Waals surface area contributed by atoms with E-state index in [1.807, 2.05) is 16.8 Å². The Morgan fingerprint density at radius 2 is 2.20 bits per heavy atom. The lowest BCUT2D eigenvalue weighted by Gasteiger charge is -2.00. The zero-order chi connectivity index (χ0) is 14.1. The molecule has 20 heavy (non-hydrogen) atoms. The molecule has 7 heteroatoms. The highest BCUT2D eigenvalue weighted by atomic mass is 32.1. The van der Waals surface area contributed by atoms with Gasteiger partial charge in [-0.25, -0.2) is 4.68 Å². The zero-order valence-corrected chi connectivity index (χ0v) is 11.1. The summed E-state index contributed by atoms with van der Waals surface area (Å²) >= 11 is 1.56. The Morgan fingerprint density at radius 3 is 2.90 bits per heavy atom. The van der Waals surface area contributed by atoms with Gasteiger partial charge in [-0.2, -0.15) is 16.4 Å². The number of nitro benzene ring substituents is 1. The maximum atomic E-state index is 10.8. The Bertz CT molecular complexity index is 765. The average molecular weight is 286 g/mol. The van der Waals surface area contributed by atoms with Crippen molar-refractivity contribution in [1.82, 2.24) is 9.78 Å². The average Bonchev–Trinajstić information content (AvgIpc) is 3.07. The van der Waals surface area contributed by atoms with Crippen molar-refractivity contribution in [2.45, 2.75) is 0 Å². The molecule has 3 rings (SSSR count). The van der Waals surface area contributed by atoms with Gasteiger partial charge in [0.15, 0.2) is 0 Å². The first-order chi connectivity index (χ1) is 9.65. The summed E-state index contributed by atoms with van der Waals surface area (Å²) in [5.74, 6) is 0. The van der Waals surface area contributed by atoms with Crippen LogP contribution in [0.1, 0.15) is 0 Å². The molecule has 2 N–H and O–H groups in total. The third-order valence-corrected chi connectivity index (χ3v) is 3.53. The van der Waals surface area contributed by atoms with Gasteiger partial charge in [-0.05, 0) is 17.5 Å². The molecular formula is C13H10N4O2S. The molecule has 0 atom stereocenters. The van der Waals surface area contributed by atoms with Gasteiger partial charge < -0.3 is 5.73 Å². The summed E-state index contributed by atoms with van der Waals surface area (Å²) < 4.78 is 1.55. The monoisotopic (exact) mass is 286 g/mol. The molecular weight excluding hydrogens is 276 g/mol. The maximum absolute atomic E-state index is 10.8. The molecule has 0 aliphatic heterocycles. The number of non-ortho nitro benzene ring substituents is 1. The second kappa shape index (κ2) is 4.78. The fourth-order valence-corrected chi connectivity index (χ4v) is 2.53. The Hall–Kier alpha value is -2.67. The molecule has 0 amide bonds. The van der Waals surface area contributed by atoms with Crippen LogP contribution in [0, 0.1) is 10.1 Å². The first-order valence-electron chi connectivity index (χ1n) is 5.77. The lowest BCUT2D eigenvalue weighted by Crippen LogP contribution is -1.96. The number of hydrogen-bond donors (Lipinski definition) is 1. The Labute approximate surface area is 118 Å². The van der Waals surface area contributed by atoms with Crippen molar-refractivity contribution in [1.29, 1.82) is 0 Å². The SMILES string of the molecule is Nc1cn(-c2cccc([N+](=O)[O-])c2)nc1-c1ccsc1. The highest BCUT2D eigenvalue weighted by Gasteiger charge is 2.12. The van der Waals surface area contributed by atoms with Crippen LogP contribution in [0.4, 0.5) is 11.4 Å². The number of nitrogens with two attached hydrogens (primary N) is 1. The highest BCUT2D eigenvalue weighted by Crippen LogP contribution is 2.27. The summed E-state index contributed by atoms with van der Waals surface area (Å²) in [7, 11) is 0. The van der Waals surface area contributed by atoms with Gasteiger partial charge >= 0.3 is 0 Å². The van der Waals surface area contributed by atoms with E-state index in [4.69, 9.17) is 5.73 Å². The summed E-state index contributed by atoms with van der Waals surface area (Å²) in [4.78, 5) is 10.4. The third-order valence-electron chi connectivity index (χ3n) is 2.84. The van der Waals surface area contributed by atoms with Crippen LogP contribution in [-0.4, -0.2) is 14.7 Å². The topological polar surface area (TPSA) is 87.0 Å². The van der Waals surface area contributed by atoms with E-state index in [1.54, 1.807) is 34.3 Å². The number of nitrogens with zero attached hydrogens (tertiary/aromatic N) is 3. The number of aromatic nitrogens is 2. The molecule has 0 aliphatic rings. The number of nitro groups is 1. The van der Waals surface area contributed by atoms with E-state index >= 15 is 0 Å². The van der Waals surface area contributed by atoms with Crippen LogP contribution < -0.4 is 5.73 Å². The molecule has 0 radical (unpaired) electrons. The largest absolute Gasteiger partial charge is 0.396 e. The van der Waals surface area contributed by atoms with E-state index in [9.17, 15) is 10.1 Å². The van der Waals surface area contributed by atoms with Crippen LogP contribution in [0.2, 0.25) is 0 Å². The predicted molar refractivity (Wildman–Crippen MR) is 77.9 cm³/mol. The lowest BCUT2D eigenvalue weighted by molar-refractivity contribution is -0.384. The molecule has 0 unspecified atom stereocenters. The Morgan fingerprint density at radius 1 is 1.35 bits per heavy atom. The number of nitrogen functional groups attached to an aromatic ring is 1. The molecule has 100 valence electrons. The minimum atomic E-state index is -0.434. The number of thiophene rings is 1. The molecule has 0 spiro atoms. The lowest BCUT2D eigenvalue weighted by atomic mass is 10.2. The van der Waals surface area contributed by atoms with Crippen LogP contribution in [0.5, 0.6) is 0 Å². The van der Waals surface area contributed by atoms with E-state index in [0.717, 1.165) is 5.56 Å². The van der Waals surface area contributed by atoms with Crippen molar-refractivity contribution >= 4 is 22.7 Å². The van der Waals surface area contributed by atoms with Gasteiger partial charge in [0.25, 0.3) is 5.69 Å². The van der Waals surface area contributed by atoms with Gasteiger partial charge in [-0.3, -0.25) is 10.1 Å². The molecule has 0 saturated carbocycles. The van der Waals surface area contributed by atoms with Crippen LogP contribution in [0.3, 0.4) is 0 Å². The van der Waals surface area contributed by atoms with E-state index in [1.165, 1.54) is 12.1 Å². The molecule has 0 bridgehead atoms. The normalized spacial score (nSPS) is 10.6. The van der Waals surface area contributed by atoms with E-state index in [2.05, 4.69) is 5.10 Å². The smallest absolute Gasteiger partial charge is 0.271 e. The fourth-order valence-electron chi connectivity index (χ4n) is 1.89. The number of anilines is 1. The number of hydrogen-bond acceptors (Lipinski definition) is 5. The van der Waals surface area contributed by atoms with Gasteiger partial charge in [0.2, 0.25) is 0 Å². The van der Waals surface area contributed by atoms with Gasteiger partial charge in [0.1, 0.15) is 5.69 Å². The Kier molecular flexibility index (Phi) is 2.96. The molecule has 1 aromatic carbocycles. The van der Waals surface area contributed by atoms with Crippen LogP contribution in [0.25, 0.3) is 16.9 Å². The van der Waals surface area contributed by atoms with E-state index in [-0.39, 0.29) is 5.69 Å². The third kappa shape index (κ3) is 2.14. The van der Waals surface area contributed by atoms with E-state index < -0.39 is 4.92 Å². The van der Waals surface area contributed by atoms with E-state index in [0.29, 0.717) is 17.1 Å². The second-order valence-corrected chi connectivity index (χ2v) is 4.95. The molecule has 3 aromatic rings. The quantitative estimate of drug-likeness (QED) is 0.592. The van der Waals surface area contributed by atoms with Crippen molar-refractivity contribution in [3.05, 3.63) is 57.4 Å². The van der Waals surface area contributed by atoms with Crippen molar-refractivity contribution in [2.75, 3.05) is 5.73 Å². The van der Waals surface area contributed by atoms with Crippen molar-refractivity contribution in [3.63, 3.8) is 0 Å². The summed E-state index contributed by atoms with van der Waals surface area (Å²) in [6, 6.07) is 8.20. The molecule has 2 aromatic heterocycles. The number of rotatable bonds is 3. The minimum Gasteiger partial charge on any atom is -0.396 e. The van der Waals surface area contributed by atoms with Crippen LogP contribution in [0.15, 0.2) is 47.3 Å². The van der Waals surface area contributed by atoms with Gasteiger partial charge in [0, 0.05) is 23.1 Å². The summed E-state index contributed by atoms with van der Waals surface area (Å²) in [5, 5.41) is 19.1. The van der Waals surface area contributed by atoms with Gasteiger partial charge in [-0.1, -0.05) is 6.07 Å². The molecule has 6 nitrogen and oxygen atoms in total. The van der Waals surface area contributed by atoms with Gasteiger partial charge in [-0.15, -0.1) is 0 Å². The standard InChI is InChI=1S/C13H10N4O2S/c14-12-7-16(15-13(12)9-4-5-20-8-9)10-2-1-3-11(6-10)17(18)19/h1-8H,14H2. The predicted octanol–water partition coefficient (Wildman–Crippen LogP) is 3.09. The Balaban J connectivity index is 2.05. The molecule has 0 aliphatic carbocycles. The van der Waals surface area contributed by atoms with Crippen LogP contribution in [-0.2, 0) is 0 Å². The molecule has 2 heterocycles. The zero-order valence-electron chi connectivity index (χ0n) is 10.3. The van der Waals surface area contributed by atoms with Crippen molar-refractivity contribution in [2.24, 2.45) is 0 Å². The van der Waals surface area contributed by atoms with Gasteiger partial charge in [0.05, 0.1) is 22.5 Å². The molecule has 0 saturated heterocycles. The van der Waals surface area contributed by atoms with Crippen LogP contribution >= 0.6 is 11.3 Å². The molecule has 0 fully saturated rings. The summed E-state index contributed by atoms with van der Waals surface area (Å²) in [6.45, 7) is 0. The summed E-state index contributed by atoms with van der Waals surface area (Å²) in [5.41, 5.74) is 8.74. The summed E-state index contributed by atoms with van der Waals surface area (Å²) in [6.07, 6.45) is 1.66. The number of benzene rings is 1. The second-order valence-electron chi connectivity index (χ2n) is 4.17. The minimum absolute atomic E-state index is 0.0219. The first-order valence-corrected chi connectivity index (χ1v) is 6.72. The highest BCUT2D eigenvalue weighted by molar-refractivity contribution is 7.08. The fraction of sp³-hybridized carbons (Fsp3) is 0. The van der Waals surface area contributed by atoms with Crippen molar-refractivity contribution in [3.8, 4) is 16.9 Å². The van der Waals surface area contributed by atoms with Crippen molar-refractivity contribution < 1.29 is 4.92 Å². The first kappa shape index (κ1) is 12.4.